The molecule has 2 aromatic rings. The van der Waals surface area contributed by atoms with Gasteiger partial charge in [0.15, 0.2) is 17.8 Å². The average Bonchev–Trinajstić information content (AvgIpc) is 2.47. The molecule has 0 fully saturated rings. The van der Waals surface area contributed by atoms with Crippen molar-refractivity contribution in [2.75, 3.05) is 14.2 Å². The number of methoxy groups -OCH3 is 2. The maximum absolute atomic E-state index is 11.1. The Morgan fingerprint density at radius 1 is 1.00 bits per heavy atom. The summed E-state index contributed by atoms with van der Waals surface area (Å²) in [6.07, 6.45) is 0.707. The number of benzene rings is 2. The lowest BCUT2D eigenvalue weighted by Crippen LogP contribution is -1.92. The normalized spacial score (nSPS) is 10.0. The molecule has 4 nitrogen and oxygen atoms in total. The quantitative estimate of drug-likeness (QED) is 0.857. The lowest BCUT2D eigenvalue weighted by atomic mass is 9.98. The van der Waals surface area contributed by atoms with Crippen molar-refractivity contribution in [3.8, 4) is 28.4 Å². The average molecular weight is 258 g/mol. The van der Waals surface area contributed by atoms with Crippen LogP contribution in [0.15, 0.2) is 36.4 Å². The molecule has 2 aromatic carbocycles. The first-order valence-corrected chi connectivity index (χ1v) is 5.70. The molecule has 0 aliphatic rings. The number of hydrogen-bond donors (Lipinski definition) is 1. The molecule has 0 heterocycles. The predicted molar refractivity (Wildman–Crippen MR) is 72.0 cm³/mol. The summed E-state index contributed by atoms with van der Waals surface area (Å²) < 4.78 is 10.1. The second kappa shape index (κ2) is 5.44. The lowest BCUT2D eigenvalue weighted by molar-refractivity contribution is 0.112. The fourth-order valence-corrected chi connectivity index (χ4v) is 1.91. The van der Waals surface area contributed by atoms with Crippen LogP contribution in [0.25, 0.3) is 11.1 Å². The molecule has 0 aromatic heterocycles. The molecular weight excluding hydrogens is 244 g/mol. The van der Waals surface area contributed by atoms with E-state index in [2.05, 4.69) is 0 Å². The SMILES string of the molecule is COc1ccc(-c2c(C=O)ccc(OC)c2O)cc1. The number of ether oxygens (including phenoxy) is 2. The van der Waals surface area contributed by atoms with Gasteiger partial charge in [-0.05, 0) is 29.8 Å². The lowest BCUT2D eigenvalue weighted by Gasteiger charge is -2.12. The van der Waals surface area contributed by atoms with E-state index in [1.54, 1.807) is 43.5 Å². The van der Waals surface area contributed by atoms with Gasteiger partial charge in [0.25, 0.3) is 0 Å². The van der Waals surface area contributed by atoms with Crippen molar-refractivity contribution >= 4 is 6.29 Å². The molecule has 0 saturated carbocycles. The first kappa shape index (κ1) is 13.0. The Kier molecular flexibility index (Phi) is 3.71. The zero-order valence-corrected chi connectivity index (χ0v) is 10.7. The van der Waals surface area contributed by atoms with E-state index in [-0.39, 0.29) is 5.75 Å². The highest BCUT2D eigenvalue weighted by Crippen LogP contribution is 2.39. The summed E-state index contributed by atoms with van der Waals surface area (Å²) in [5.74, 6) is 0.993. The fourth-order valence-electron chi connectivity index (χ4n) is 1.91. The topological polar surface area (TPSA) is 55.8 Å². The van der Waals surface area contributed by atoms with Crippen molar-refractivity contribution in [2.45, 2.75) is 0 Å². The Labute approximate surface area is 111 Å². The van der Waals surface area contributed by atoms with Crippen LogP contribution >= 0.6 is 0 Å². The van der Waals surface area contributed by atoms with E-state index in [0.717, 1.165) is 5.56 Å². The van der Waals surface area contributed by atoms with Gasteiger partial charge in [0, 0.05) is 11.1 Å². The van der Waals surface area contributed by atoms with Crippen LogP contribution in [0.4, 0.5) is 0 Å². The van der Waals surface area contributed by atoms with Gasteiger partial charge in [-0.2, -0.15) is 0 Å². The highest BCUT2D eigenvalue weighted by atomic mass is 16.5. The minimum absolute atomic E-state index is 0.0442. The third kappa shape index (κ3) is 2.38. The minimum atomic E-state index is -0.0442. The van der Waals surface area contributed by atoms with E-state index >= 15 is 0 Å². The highest BCUT2D eigenvalue weighted by molar-refractivity contribution is 5.91. The number of carbonyl (C=O) groups is 1. The number of aldehydes is 1. The fraction of sp³-hybridized carbons (Fsp3) is 0.133. The van der Waals surface area contributed by atoms with Crippen LogP contribution in [-0.4, -0.2) is 25.6 Å². The zero-order valence-electron chi connectivity index (χ0n) is 10.7. The molecule has 0 atom stereocenters. The maximum atomic E-state index is 11.1. The second-order valence-electron chi connectivity index (χ2n) is 3.93. The van der Waals surface area contributed by atoms with Gasteiger partial charge in [-0.1, -0.05) is 12.1 Å². The number of carbonyl (C=O) groups excluding carboxylic acids is 1. The van der Waals surface area contributed by atoms with E-state index in [9.17, 15) is 9.90 Å². The molecule has 0 unspecified atom stereocenters. The van der Waals surface area contributed by atoms with Crippen molar-refractivity contribution in [3.63, 3.8) is 0 Å². The van der Waals surface area contributed by atoms with Gasteiger partial charge in [-0.25, -0.2) is 0 Å². The van der Waals surface area contributed by atoms with Gasteiger partial charge >= 0.3 is 0 Å². The summed E-state index contributed by atoms with van der Waals surface area (Å²) in [5, 5.41) is 10.2. The maximum Gasteiger partial charge on any atom is 0.166 e. The van der Waals surface area contributed by atoms with Gasteiger partial charge in [0.2, 0.25) is 0 Å². The van der Waals surface area contributed by atoms with E-state index in [1.165, 1.54) is 7.11 Å². The van der Waals surface area contributed by atoms with Crippen LogP contribution in [0, 0.1) is 0 Å². The van der Waals surface area contributed by atoms with Crippen LogP contribution < -0.4 is 9.47 Å². The van der Waals surface area contributed by atoms with E-state index < -0.39 is 0 Å². The molecule has 0 saturated heterocycles. The molecule has 0 radical (unpaired) electrons. The summed E-state index contributed by atoms with van der Waals surface area (Å²) in [5.41, 5.74) is 1.58. The third-order valence-corrected chi connectivity index (χ3v) is 2.90. The van der Waals surface area contributed by atoms with Crippen molar-refractivity contribution in [1.82, 2.24) is 0 Å². The molecule has 98 valence electrons. The van der Waals surface area contributed by atoms with Crippen LogP contribution in [0.5, 0.6) is 17.2 Å². The van der Waals surface area contributed by atoms with Gasteiger partial charge < -0.3 is 14.6 Å². The van der Waals surface area contributed by atoms with Crippen LogP contribution in [0.1, 0.15) is 10.4 Å². The van der Waals surface area contributed by atoms with E-state index in [4.69, 9.17) is 9.47 Å². The van der Waals surface area contributed by atoms with Crippen LogP contribution in [0.2, 0.25) is 0 Å². The summed E-state index contributed by atoms with van der Waals surface area (Å²) in [6, 6.07) is 10.3. The Morgan fingerprint density at radius 2 is 1.68 bits per heavy atom. The number of hydrogen-bond acceptors (Lipinski definition) is 4. The van der Waals surface area contributed by atoms with Crippen molar-refractivity contribution < 1.29 is 19.4 Å². The van der Waals surface area contributed by atoms with Crippen LogP contribution in [-0.2, 0) is 0 Å². The number of rotatable bonds is 4. The highest BCUT2D eigenvalue weighted by Gasteiger charge is 2.14. The number of aromatic hydroxyl groups is 1. The van der Waals surface area contributed by atoms with Crippen molar-refractivity contribution in [2.24, 2.45) is 0 Å². The molecule has 0 amide bonds. The van der Waals surface area contributed by atoms with Crippen LogP contribution in [0.3, 0.4) is 0 Å². The molecule has 0 bridgehead atoms. The van der Waals surface area contributed by atoms with Crippen molar-refractivity contribution in [1.29, 1.82) is 0 Å². The Morgan fingerprint density at radius 3 is 2.21 bits per heavy atom. The summed E-state index contributed by atoms with van der Waals surface area (Å²) in [6.45, 7) is 0. The zero-order chi connectivity index (χ0) is 13.8. The molecule has 2 rings (SSSR count). The minimum Gasteiger partial charge on any atom is -0.504 e. The van der Waals surface area contributed by atoms with Gasteiger partial charge in [-0.3, -0.25) is 4.79 Å². The van der Waals surface area contributed by atoms with Crippen molar-refractivity contribution in [3.05, 3.63) is 42.0 Å². The second-order valence-corrected chi connectivity index (χ2v) is 3.93. The Hall–Kier alpha value is -2.49. The van der Waals surface area contributed by atoms with Gasteiger partial charge in [0.1, 0.15) is 5.75 Å². The Bertz CT molecular complexity index is 588. The number of phenolic OH excluding ortho intramolecular Hbond substituents is 1. The summed E-state index contributed by atoms with van der Waals surface area (Å²) in [7, 11) is 3.04. The van der Waals surface area contributed by atoms with E-state index in [1.807, 2.05) is 0 Å². The Balaban J connectivity index is 2.61. The predicted octanol–water partition coefficient (Wildman–Crippen LogP) is 2.89. The van der Waals surface area contributed by atoms with Gasteiger partial charge in [0.05, 0.1) is 14.2 Å². The molecular formula is C15H14O4. The number of phenols is 1. The first-order valence-electron chi connectivity index (χ1n) is 5.70. The standard InChI is InChI=1S/C15H14O4/c1-18-12-6-3-10(4-7-12)14-11(9-16)5-8-13(19-2)15(14)17/h3-9,17H,1-2H3. The third-order valence-electron chi connectivity index (χ3n) is 2.90. The first-order chi connectivity index (χ1) is 9.21. The molecule has 0 aliphatic carbocycles. The summed E-state index contributed by atoms with van der Waals surface area (Å²) >= 11 is 0. The molecule has 19 heavy (non-hydrogen) atoms. The van der Waals surface area contributed by atoms with Gasteiger partial charge in [-0.15, -0.1) is 0 Å². The monoisotopic (exact) mass is 258 g/mol. The molecule has 0 spiro atoms. The molecule has 1 N–H and O–H groups in total. The van der Waals surface area contributed by atoms with E-state index in [0.29, 0.717) is 28.9 Å². The molecule has 0 aliphatic heterocycles. The smallest absolute Gasteiger partial charge is 0.166 e. The largest absolute Gasteiger partial charge is 0.504 e. The molecule has 4 heteroatoms. The summed E-state index contributed by atoms with van der Waals surface area (Å²) in [4.78, 5) is 11.1.